The maximum absolute atomic E-state index is 13.0. The monoisotopic (exact) mass is 462 g/mol. The van der Waals surface area contributed by atoms with Crippen LogP contribution in [0, 0.1) is 0 Å². The Balaban J connectivity index is 2.49. The van der Waals surface area contributed by atoms with Crippen LogP contribution in [0.5, 0.6) is 11.5 Å². The Kier molecular flexibility index (Phi) is 8.95. The lowest BCUT2D eigenvalue weighted by Crippen LogP contribution is -2.36. The molecule has 1 amide bonds. The zero-order valence-electron chi connectivity index (χ0n) is 19.8. The molecule has 0 spiro atoms. The molecule has 2 aromatic rings. The number of benzene rings is 2. The Bertz CT molecular complexity index is 1000. The summed E-state index contributed by atoms with van der Waals surface area (Å²) in [4.78, 5) is 16.1. The van der Waals surface area contributed by atoms with Gasteiger partial charge in [-0.05, 0) is 57.5 Å². The summed E-state index contributed by atoms with van der Waals surface area (Å²) in [5.74, 6) is 0.703. The van der Waals surface area contributed by atoms with Crippen LogP contribution in [0.2, 0.25) is 0 Å². The second kappa shape index (κ2) is 11.2. The second-order valence-electron chi connectivity index (χ2n) is 7.58. The summed E-state index contributed by atoms with van der Waals surface area (Å²) < 4.78 is 36.8. The SMILES string of the molecule is CC[C@H](C)N(Cc1ccc(N(CC)CC)cc1OS(=O)(=O)c1ccc(OC)cc1)C(C)=O. The Morgan fingerprint density at radius 1 is 1.03 bits per heavy atom. The zero-order valence-corrected chi connectivity index (χ0v) is 20.6. The zero-order chi connectivity index (χ0) is 23.9. The van der Waals surface area contributed by atoms with Gasteiger partial charge >= 0.3 is 10.1 Å². The molecule has 32 heavy (non-hydrogen) atoms. The molecule has 0 unspecified atom stereocenters. The third-order valence-corrected chi connectivity index (χ3v) is 6.84. The highest BCUT2D eigenvalue weighted by Crippen LogP contribution is 2.31. The number of amides is 1. The predicted octanol–water partition coefficient (Wildman–Crippen LogP) is 4.46. The molecule has 0 aliphatic rings. The summed E-state index contributed by atoms with van der Waals surface area (Å²) in [6.45, 7) is 11.4. The largest absolute Gasteiger partial charge is 0.497 e. The normalized spacial score (nSPS) is 12.2. The summed E-state index contributed by atoms with van der Waals surface area (Å²) in [5, 5.41) is 0. The van der Waals surface area contributed by atoms with Gasteiger partial charge in [-0.15, -0.1) is 0 Å². The highest BCUT2D eigenvalue weighted by Gasteiger charge is 2.23. The van der Waals surface area contributed by atoms with Crippen molar-refractivity contribution in [2.24, 2.45) is 0 Å². The van der Waals surface area contributed by atoms with Gasteiger partial charge in [-0.1, -0.05) is 13.0 Å². The van der Waals surface area contributed by atoms with E-state index in [0.29, 0.717) is 11.3 Å². The van der Waals surface area contributed by atoms with Crippen molar-refractivity contribution in [3.63, 3.8) is 0 Å². The van der Waals surface area contributed by atoms with Crippen LogP contribution in [0.4, 0.5) is 5.69 Å². The summed E-state index contributed by atoms with van der Waals surface area (Å²) in [5.41, 5.74) is 1.49. The third-order valence-electron chi connectivity index (χ3n) is 5.59. The van der Waals surface area contributed by atoms with Gasteiger partial charge in [-0.2, -0.15) is 8.42 Å². The van der Waals surface area contributed by atoms with Crippen LogP contribution < -0.4 is 13.8 Å². The van der Waals surface area contributed by atoms with E-state index < -0.39 is 10.1 Å². The Morgan fingerprint density at radius 2 is 1.66 bits per heavy atom. The minimum atomic E-state index is -4.08. The van der Waals surface area contributed by atoms with Crippen molar-refractivity contribution in [2.75, 3.05) is 25.1 Å². The molecule has 0 aliphatic carbocycles. The van der Waals surface area contributed by atoms with Crippen LogP contribution in [0.15, 0.2) is 47.4 Å². The van der Waals surface area contributed by atoms with Crippen molar-refractivity contribution in [1.29, 1.82) is 0 Å². The first-order valence-corrected chi connectivity index (χ1v) is 12.3. The van der Waals surface area contributed by atoms with Gasteiger partial charge in [0.25, 0.3) is 0 Å². The van der Waals surface area contributed by atoms with E-state index in [-0.39, 0.29) is 29.1 Å². The van der Waals surface area contributed by atoms with Crippen LogP contribution in [-0.4, -0.2) is 45.5 Å². The van der Waals surface area contributed by atoms with Crippen LogP contribution in [-0.2, 0) is 21.5 Å². The highest BCUT2D eigenvalue weighted by atomic mass is 32.2. The summed E-state index contributed by atoms with van der Waals surface area (Å²) in [6.07, 6.45) is 0.789. The molecule has 0 saturated carbocycles. The van der Waals surface area contributed by atoms with E-state index in [1.165, 1.54) is 26.2 Å². The molecule has 2 rings (SSSR count). The number of ether oxygens (including phenoxy) is 1. The van der Waals surface area contributed by atoms with E-state index in [1.807, 2.05) is 39.8 Å². The van der Waals surface area contributed by atoms with Crippen LogP contribution in [0.25, 0.3) is 0 Å². The van der Waals surface area contributed by atoms with E-state index in [4.69, 9.17) is 8.92 Å². The standard InChI is InChI=1S/C24H34N2O5S/c1-7-18(4)26(19(5)27)17-20-10-11-21(25(8-2)9-3)16-24(20)31-32(28,29)23-14-12-22(30-6)13-15-23/h10-16,18H,7-9,17H2,1-6H3/t18-/m0/s1. The van der Waals surface area contributed by atoms with Crippen molar-refractivity contribution >= 4 is 21.7 Å². The van der Waals surface area contributed by atoms with Gasteiger partial charge in [0.2, 0.25) is 5.91 Å². The molecule has 0 saturated heterocycles. The quantitative estimate of drug-likeness (QED) is 0.459. The molecule has 0 aromatic heterocycles. The summed E-state index contributed by atoms with van der Waals surface area (Å²) in [7, 11) is -2.56. The number of carbonyl (C=O) groups is 1. The van der Waals surface area contributed by atoms with Gasteiger partial charge in [0.15, 0.2) is 0 Å². The van der Waals surface area contributed by atoms with Gasteiger partial charge in [0, 0.05) is 49.9 Å². The Hall–Kier alpha value is -2.74. The molecule has 2 aromatic carbocycles. The topological polar surface area (TPSA) is 76.2 Å². The van der Waals surface area contributed by atoms with Gasteiger partial charge in [-0.3, -0.25) is 4.79 Å². The lowest BCUT2D eigenvalue weighted by atomic mass is 10.1. The third kappa shape index (κ3) is 6.16. The number of hydrogen-bond donors (Lipinski definition) is 0. The summed E-state index contributed by atoms with van der Waals surface area (Å²) in [6, 6.07) is 11.6. The maximum atomic E-state index is 13.0. The molecule has 0 heterocycles. The van der Waals surface area contributed by atoms with Crippen LogP contribution in [0.3, 0.4) is 0 Å². The summed E-state index contributed by atoms with van der Waals surface area (Å²) >= 11 is 0. The second-order valence-corrected chi connectivity index (χ2v) is 9.13. The first-order valence-electron chi connectivity index (χ1n) is 10.9. The van der Waals surface area contributed by atoms with E-state index in [0.717, 1.165) is 25.2 Å². The predicted molar refractivity (Wildman–Crippen MR) is 127 cm³/mol. The number of hydrogen-bond acceptors (Lipinski definition) is 6. The van der Waals surface area contributed by atoms with Gasteiger partial charge in [-0.25, -0.2) is 0 Å². The van der Waals surface area contributed by atoms with Gasteiger partial charge in [0.05, 0.1) is 7.11 Å². The molecular formula is C24H34N2O5S. The van der Waals surface area contributed by atoms with Crippen molar-refractivity contribution in [3.8, 4) is 11.5 Å². The lowest BCUT2D eigenvalue weighted by Gasteiger charge is -2.29. The molecule has 0 N–H and O–H groups in total. The first kappa shape index (κ1) is 25.5. The van der Waals surface area contributed by atoms with Crippen molar-refractivity contribution in [2.45, 2.75) is 58.5 Å². The van der Waals surface area contributed by atoms with Crippen molar-refractivity contribution in [3.05, 3.63) is 48.0 Å². The smallest absolute Gasteiger partial charge is 0.339 e. The Morgan fingerprint density at radius 3 is 2.16 bits per heavy atom. The number of methoxy groups -OCH3 is 1. The van der Waals surface area contributed by atoms with Gasteiger partial charge < -0.3 is 18.7 Å². The molecule has 7 nitrogen and oxygen atoms in total. The van der Waals surface area contributed by atoms with E-state index in [2.05, 4.69) is 4.90 Å². The van der Waals surface area contributed by atoms with E-state index in [1.54, 1.807) is 23.1 Å². The van der Waals surface area contributed by atoms with Crippen molar-refractivity contribution < 1.29 is 22.1 Å². The molecule has 0 aliphatic heterocycles. The fourth-order valence-corrected chi connectivity index (χ4v) is 4.38. The van der Waals surface area contributed by atoms with Crippen LogP contribution >= 0.6 is 0 Å². The molecule has 176 valence electrons. The van der Waals surface area contributed by atoms with Crippen LogP contribution in [0.1, 0.15) is 46.6 Å². The minimum absolute atomic E-state index is 0.0148. The fourth-order valence-electron chi connectivity index (χ4n) is 3.43. The molecular weight excluding hydrogens is 428 g/mol. The molecule has 0 bridgehead atoms. The number of carbonyl (C=O) groups excluding carboxylic acids is 1. The fraction of sp³-hybridized carbons (Fsp3) is 0.458. The number of rotatable bonds is 11. The molecule has 0 fully saturated rings. The lowest BCUT2D eigenvalue weighted by molar-refractivity contribution is -0.131. The highest BCUT2D eigenvalue weighted by molar-refractivity contribution is 7.87. The minimum Gasteiger partial charge on any atom is -0.497 e. The van der Waals surface area contributed by atoms with E-state index >= 15 is 0 Å². The van der Waals surface area contributed by atoms with Crippen molar-refractivity contribution in [1.82, 2.24) is 4.90 Å². The first-order chi connectivity index (χ1) is 15.2. The average molecular weight is 463 g/mol. The average Bonchev–Trinajstić information content (AvgIpc) is 2.78. The number of nitrogens with zero attached hydrogens (tertiary/aromatic N) is 2. The Labute approximate surface area is 192 Å². The maximum Gasteiger partial charge on any atom is 0.339 e. The molecule has 1 atom stereocenters. The van der Waals surface area contributed by atoms with E-state index in [9.17, 15) is 13.2 Å². The number of anilines is 1. The molecule has 0 radical (unpaired) electrons. The van der Waals surface area contributed by atoms with Gasteiger partial charge in [0.1, 0.15) is 16.4 Å². The molecule has 8 heteroatoms.